The van der Waals surface area contributed by atoms with Crippen LogP contribution in [0.4, 0.5) is 18.2 Å². The summed E-state index contributed by atoms with van der Waals surface area (Å²) >= 11 is 1.33. The van der Waals surface area contributed by atoms with Gasteiger partial charge in [0.2, 0.25) is 5.91 Å². The highest BCUT2D eigenvalue weighted by atomic mass is 32.1. The Bertz CT molecular complexity index is 926. The minimum absolute atomic E-state index is 0.147. The number of rotatable bonds is 4. The molecular formula is C18H16F3N3OS. The molecule has 2 heterocycles. The van der Waals surface area contributed by atoms with E-state index in [1.165, 1.54) is 24.6 Å². The molecular weight excluding hydrogens is 363 g/mol. The monoisotopic (exact) mass is 379 g/mol. The molecule has 0 atom stereocenters. The van der Waals surface area contributed by atoms with Crippen molar-refractivity contribution < 1.29 is 18.0 Å². The van der Waals surface area contributed by atoms with Crippen LogP contribution in [0.15, 0.2) is 41.9 Å². The molecule has 0 bridgehead atoms. The maximum absolute atomic E-state index is 13.0. The van der Waals surface area contributed by atoms with Gasteiger partial charge in [0.25, 0.3) is 0 Å². The number of halogens is 3. The summed E-state index contributed by atoms with van der Waals surface area (Å²) in [5.41, 5.74) is 1.71. The molecule has 8 heteroatoms. The number of nitrogens with one attached hydrogen (secondary N) is 1. The average Bonchev–Trinajstić information content (AvgIpc) is 3.14. The number of alkyl halides is 3. The van der Waals surface area contributed by atoms with Crippen LogP contribution in [0, 0.1) is 6.92 Å². The topological polar surface area (TPSA) is 46.9 Å². The summed E-state index contributed by atoms with van der Waals surface area (Å²) in [5, 5.41) is 8.57. The van der Waals surface area contributed by atoms with Crippen molar-refractivity contribution in [1.29, 1.82) is 0 Å². The molecule has 26 heavy (non-hydrogen) atoms. The lowest BCUT2D eigenvalue weighted by molar-refractivity contribution is -0.142. The normalized spacial score (nSPS) is 11.6. The first-order valence-corrected chi connectivity index (χ1v) is 8.66. The molecule has 136 valence electrons. The Labute approximate surface area is 152 Å². The fourth-order valence-electron chi connectivity index (χ4n) is 2.62. The smallest absolute Gasteiger partial charge is 0.317 e. The van der Waals surface area contributed by atoms with E-state index in [4.69, 9.17) is 0 Å². The van der Waals surface area contributed by atoms with Crippen molar-refractivity contribution in [3.05, 3.63) is 58.7 Å². The zero-order valence-corrected chi connectivity index (χ0v) is 14.9. The van der Waals surface area contributed by atoms with E-state index < -0.39 is 24.2 Å². The number of aryl methyl sites for hydroxylation is 2. The van der Waals surface area contributed by atoms with Gasteiger partial charge in [-0.3, -0.25) is 9.48 Å². The first-order valence-electron chi connectivity index (χ1n) is 7.78. The van der Waals surface area contributed by atoms with Gasteiger partial charge in [0.05, 0.1) is 6.42 Å². The molecule has 1 aromatic carbocycles. The highest BCUT2D eigenvalue weighted by molar-refractivity contribution is 7.15. The largest absolute Gasteiger partial charge is 0.435 e. The van der Waals surface area contributed by atoms with Crippen molar-refractivity contribution >= 4 is 22.2 Å². The van der Waals surface area contributed by atoms with Gasteiger partial charge in [0, 0.05) is 24.4 Å². The molecule has 1 N–H and O–H groups in total. The van der Waals surface area contributed by atoms with Crippen LogP contribution in [0.3, 0.4) is 0 Å². The first kappa shape index (κ1) is 18.2. The van der Waals surface area contributed by atoms with Gasteiger partial charge in [0.1, 0.15) is 5.00 Å². The number of hydrogen-bond acceptors (Lipinski definition) is 3. The second-order valence-electron chi connectivity index (χ2n) is 5.93. The van der Waals surface area contributed by atoms with Crippen molar-refractivity contribution in [3.8, 4) is 11.1 Å². The number of aromatic nitrogens is 2. The molecule has 3 rings (SSSR count). The molecule has 2 aromatic heterocycles. The molecule has 0 radical (unpaired) electrons. The predicted molar refractivity (Wildman–Crippen MR) is 95.0 cm³/mol. The Morgan fingerprint density at radius 3 is 2.58 bits per heavy atom. The number of amides is 1. The van der Waals surface area contributed by atoms with Crippen LogP contribution < -0.4 is 5.32 Å². The minimum atomic E-state index is -4.59. The Morgan fingerprint density at radius 2 is 1.92 bits per heavy atom. The van der Waals surface area contributed by atoms with Gasteiger partial charge in [-0.15, -0.1) is 11.3 Å². The van der Waals surface area contributed by atoms with E-state index in [2.05, 4.69) is 10.4 Å². The molecule has 4 nitrogen and oxygen atoms in total. The lowest BCUT2D eigenvalue weighted by atomic mass is 10.1. The summed E-state index contributed by atoms with van der Waals surface area (Å²) in [5.74, 6) is -0.515. The van der Waals surface area contributed by atoms with Crippen LogP contribution in [0.1, 0.15) is 16.8 Å². The maximum Gasteiger partial charge on any atom is 0.435 e. The molecule has 0 spiro atoms. The van der Waals surface area contributed by atoms with E-state index in [0.29, 0.717) is 5.00 Å². The Kier molecular flexibility index (Phi) is 4.86. The molecule has 0 saturated heterocycles. The number of anilines is 1. The van der Waals surface area contributed by atoms with Crippen LogP contribution >= 0.6 is 11.3 Å². The summed E-state index contributed by atoms with van der Waals surface area (Å²) in [6.45, 7) is 1.98. The van der Waals surface area contributed by atoms with E-state index >= 15 is 0 Å². The molecule has 0 aliphatic heterocycles. The Hall–Kier alpha value is -2.61. The second-order valence-corrected chi connectivity index (χ2v) is 6.84. The van der Waals surface area contributed by atoms with E-state index in [9.17, 15) is 18.0 Å². The number of nitrogens with zero attached hydrogens (tertiary/aromatic N) is 2. The highest BCUT2D eigenvalue weighted by Crippen LogP contribution is 2.34. The van der Waals surface area contributed by atoms with Crippen molar-refractivity contribution in [2.45, 2.75) is 19.5 Å². The summed E-state index contributed by atoms with van der Waals surface area (Å²) < 4.78 is 40.1. The third-order valence-electron chi connectivity index (χ3n) is 3.80. The van der Waals surface area contributed by atoms with Crippen LogP contribution in [0.2, 0.25) is 0 Å². The number of benzene rings is 1. The summed E-state index contributed by atoms with van der Waals surface area (Å²) in [7, 11) is 1.39. The second kappa shape index (κ2) is 6.95. The van der Waals surface area contributed by atoms with Crippen molar-refractivity contribution in [1.82, 2.24) is 9.78 Å². The SMILES string of the molecule is Cc1ccc(-c2ccsc2NC(=O)Cc2cn(C)nc2C(F)(F)F)cc1. The van der Waals surface area contributed by atoms with E-state index in [-0.39, 0.29) is 5.56 Å². The fraction of sp³-hybridized carbons (Fsp3) is 0.222. The summed E-state index contributed by atoms with van der Waals surface area (Å²) in [4.78, 5) is 12.3. The molecule has 0 aliphatic carbocycles. The molecule has 0 aliphatic rings. The summed E-state index contributed by atoms with van der Waals surface area (Å²) in [6.07, 6.45) is -3.77. The predicted octanol–water partition coefficient (Wildman–Crippen LogP) is 4.66. The fourth-order valence-corrected chi connectivity index (χ4v) is 3.44. The lowest BCUT2D eigenvalue weighted by Crippen LogP contribution is -2.17. The Balaban J connectivity index is 1.78. The lowest BCUT2D eigenvalue weighted by Gasteiger charge is -2.08. The van der Waals surface area contributed by atoms with Gasteiger partial charge in [-0.25, -0.2) is 0 Å². The van der Waals surface area contributed by atoms with Gasteiger partial charge < -0.3 is 5.32 Å². The van der Waals surface area contributed by atoms with Crippen LogP contribution in [0.25, 0.3) is 11.1 Å². The zero-order valence-electron chi connectivity index (χ0n) is 14.1. The minimum Gasteiger partial charge on any atom is -0.317 e. The van der Waals surface area contributed by atoms with Crippen LogP contribution in [-0.4, -0.2) is 15.7 Å². The van der Waals surface area contributed by atoms with Crippen LogP contribution in [-0.2, 0) is 24.4 Å². The molecule has 3 aromatic rings. The van der Waals surface area contributed by atoms with Crippen molar-refractivity contribution in [3.63, 3.8) is 0 Å². The molecule has 0 unspecified atom stereocenters. The van der Waals surface area contributed by atoms with E-state index in [1.54, 1.807) is 0 Å². The third kappa shape index (κ3) is 3.96. The van der Waals surface area contributed by atoms with Gasteiger partial charge in [-0.1, -0.05) is 29.8 Å². The number of carbonyl (C=O) groups is 1. The standard InChI is InChI=1S/C18H16F3N3OS/c1-11-3-5-12(6-4-11)14-7-8-26-17(14)22-15(25)9-13-10-24(2)23-16(13)18(19,20)21/h3-8,10H,9H2,1-2H3,(H,22,25). The number of carbonyl (C=O) groups excluding carboxylic acids is 1. The summed E-state index contributed by atoms with van der Waals surface area (Å²) in [6, 6.07) is 9.68. The van der Waals surface area contributed by atoms with Gasteiger partial charge in [0.15, 0.2) is 5.69 Å². The molecule has 0 fully saturated rings. The van der Waals surface area contributed by atoms with Crippen molar-refractivity contribution in [2.75, 3.05) is 5.32 Å². The number of thiophene rings is 1. The Morgan fingerprint density at radius 1 is 1.23 bits per heavy atom. The van der Waals surface area contributed by atoms with E-state index in [1.807, 2.05) is 42.6 Å². The van der Waals surface area contributed by atoms with Gasteiger partial charge in [-0.05, 0) is 23.9 Å². The average molecular weight is 379 g/mol. The van der Waals surface area contributed by atoms with Gasteiger partial charge >= 0.3 is 6.18 Å². The zero-order chi connectivity index (χ0) is 18.9. The quantitative estimate of drug-likeness (QED) is 0.717. The number of hydrogen-bond donors (Lipinski definition) is 1. The highest BCUT2D eigenvalue weighted by Gasteiger charge is 2.37. The van der Waals surface area contributed by atoms with Crippen molar-refractivity contribution in [2.24, 2.45) is 7.05 Å². The molecule has 0 saturated carbocycles. The third-order valence-corrected chi connectivity index (χ3v) is 4.63. The molecule has 1 amide bonds. The van der Waals surface area contributed by atoms with Crippen LogP contribution in [0.5, 0.6) is 0 Å². The van der Waals surface area contributed by atoms with Gasteiger partial charge in [-0.2, -0.15) is 18.3 Å². The van der Waals surface area contributed by atoms with E-state index in [0.717, 1.165) is 21.4 Å². The maximum atomic E-state index is 13.0. The first-order chi connectivity index (χ1) is 12.2.